The first-order valence-electron chi connectivity index (χ1n) is 4.01. The molecular formula is C10H7FN2O. The molecule has 0 saturated heterocycles. The van der Waals surface area contributed by atoms with Crippen LogP contribution in [0.3, 0.4) is 0 Å². The summed E-state index contributed by atoms with van der Waals surface area (Å²) in [6.45, 7) is 0. The molecule has 0 aliphatic rings. The summed E-state index contributed by atoms with van der Waals surface area (Å²) in [5.41, 5.74) is 1.24. The van der Waals surface area contributed by atoms with Gasteiger partial charge in [-0.3, -0.25) is 9.97 Å². The predicted molar refractivity (Wildman–Crippen MR) is 49.1 cm³/mol. The summed E-state index contributed by atoms with van der Waals surface area (Å²) < 4.78 is 12.6. The molecule has 14 heavy (non-hydrogen) atoms. The van der Waals surface area contributed by atoms with E-state index in [9.17, 15) is 4.39 Å². The maximum absolute atomic E-state index is 12.6. The number of pyridine rings is 2. The van der Waals surface area contributed by atoms with Gasteiger partial charge in [0.15, 0.2) is 0 Å². The molecule has 0 aromatic carbocycles. The molecule has 2 rings (SSSR count). The van der Waals surface area contributed by atoms with Crippen molar-refractivity contribution in [2.75, 3.05) is 0 Å². The number of rotatable bonds is 1. The van der Waals surface area contributed by atoms with Gasteiger partial charge in [0.2, 0.25) is 0 Å². The lowest BCUT2D eigenvalue weighted by atomic mass is 10.2. The van der Waals surface area contributed by atoms with Crippen LogP contribution >= 0.6 is 0 Å². The van der Waals surface area contributed by atoms with Crippen molar-refractivity contribution in [2.24, 2.45) is 0 Å². The highest BCUT2D eigenvalue weighted by molar-refractivity contribution is 5.59. The van der Waals surface area contributed by atoms with E-state index in [-0.39, 0.29) is 11.6 Å². The Morgan fingerprint density at radius 3 is 2.64 bits per heavy atom. The first-order chi connectivity index (χ1) is 6.75. The molecule has 2 aromatic heterocycles. The summed E-state index contributed by atoms with van der Waals surface area (Å²) in [5.74, 6) is -0.324. The van der Waals surface area contributed by atoms with Crippen LogP contribution in [0, 0.1) is 5.82 Å². The van der Waals surface area contributed by atoms with E-state index in [0.29, 0.717) is 11.3 Å². The summed E-state index contributed by atoms with van der Waals surface area (Å²) >= 11 is 0. The fourth-order valence-corrected chi connectivity index (χ4v) is 1.11. The van der Waals surface area contributed by atoms with Crippen LogP contribution in [-0.4, -0.2) is 15.1 Å². The van der Waals surface area contributed by atoms with E-state index in [0.717, 1.165) is 6.20 Å². The minimum atomic E-state index is -0.387. The molecule has 0 spiro atoms. The van der Waals surface area contributed by atoms with E-state index in [4.69, 9.17) is 5.11 Å². The zero-order valence-corrected chi connectivity index (χ0v) is 7.18. The van der Waals surface area contributed by atoms with Gasteiger partial charge in [-0.15, -0.1) is 0 Å². The third kappa shape index (κ3) is 1.69. The molecule has 2 heterocycles. The van der Waals surface area contributed by atoms with Gasteiger partial charge in [0.1, 0.15) is 11.6 Å². The average molecular weight is 190 g/mol. The number of aromatic nitrogens is 2. The molecule has 0 aliphatic carbocycles. The van der Waals surface area contributed by atoms with Crippen LogP contribution < -0.4 is 0 Å². The van der Waals surface area contributed by atoms with Gasteiger partial charge < -0.3 is 5.11 Å². The van der Waals surface area contributed by atoms with Crippen molar-refractivity contribution in [3.05, 3.63) is 42.6 Å². The van der Waals surface area contributed by atoms with Gasteiger partial charge in [-0.05, 0) is 18.2 Å². The van der Waals surface area contributed by atoms with Gasteiger partial charge in [-0.1, -0.05) is 0 Å². The Kier molecular flexibility index (Phi) is 2.10. The number of halogens is 1. The van der Waals surface area contributed by atoms with Crippen LogP contribution in [0.4, 0.5) is 4.39 Å². The Balaban J connectivity index is 2.44. The first-order valence-corrected chi connectivity index (χ1v) is 4.01. The minimum absolute atomic E-state index is 0.0635. The molecular weight excluding hydrogens is 183 g/mol. The van der Waals surface area contributed by atoms with Crippen molar-refractivity contribution in [1.82, 2.24) is 9.97 Å². The van der Waals surface area contributed by atoms with Crippen molar-refractivity contribution in [1.29, 1.82) is 0 Å². The fourth-order valence-electron chi connectivity index (χ4n) is 1.11. The molecule has 2 aromatic rings. The van der Waals surface area contributed by atoms with Crippen LogP contribution in [0.25, 0.3) is 11.3 Å². The lowest BCUT2D eigenvalue weighted by Crippen LogP contribution is -1.85. The quantitative estimate of drug-likeness (QED) is 0.747. The lowest BCUT2D eigenvalue weighted by molar-refractivity contribution is 0.473. The average Bonchev–Trinajstić information content (AvgIpc) is 2.19. The van der Waals surface area contributed by atoms with Crippen molar-refractivity contribution in [3.63, 3.8) is 0 Å². The molecule has 0 amide bonds. The van der Waals surface area contributed by atoms with Crippen LogP contribution in [0.1, 0.15) is 0 Å². The van der Waals surface area contributed by atoms with Crippen molar-refractivity contribution in [2.45, 2.75) is 0 Å². The van der Waals surface area contributed by atoms with E-state index in [2.05, 4.69) is 9.97 Å². The van der Waals surface area contributed by atoms with Crippen molar-refractivity contribution < 1.29 is 9.50 Å². The molecule has 0 fully saturated rings. The summed E-state index contributed by atoms with van der Waals surface area (Å²) in [4.78, 5) is 7.66. The predicted octanol–water partition coefficient (Wildman–Crippen LogP) is 1.99. The maximum Gasteiger partial charge on any atom is 0.141 e. The highest BCUT2D eigenvalue weighted by Crippen LogP contribution is 2.19. The van der Waals surface area contributed by atoms with E-state index in [1.54, 1.807) is 6.20 Å². The molecule has 70 valence electrons. The smallest absolute Gasteiger partial charge is 0.141 e. The van der Waals surface area contributed by atoms with E-state index < -0.39 is 0 Å². The second-order valence-electron chi connectivity index (χ2n) is 2.79. The Morgan fingerprint density at radius 2 is 2.00 bits per heavy atom. The van der Waals surface area contributed by atoms with Crippen LogP contribution in [0.15, 0.2) is 36.8 Å². The second-order valence-corrected chi connectivity index (χ2v) is 2.79. The molecule has 1 N–H and O–H groups in total. The Hall–Kier alpha value is -1.97. The molecule has 0 unspecified atom stereocenters. The van der Waals surface area contributed by atoms with Crippen molar-refractivity contribution >= 4 is 0 Å². The van der Waals surface area contributed by atoms with Gasteiger partial charge in [-0.2, -0.15) is 0 Å². The summed E-state index contributed by atoms with van der Waals surface area (Å²) in [6, 6.07) is 4.37. The molecule has 0 saturated carbocycles. The molecule has 0 radical (unpaired) electrons. The van der Waals surface area contributed by atoms with Gasteiger partial charge in [0.05, 0.1) is 18.1 Å². The standard InChI is InChI=1S/C10H7FN2O/c11-8-1-2-10(13-5-8)7-3-9(14)6-12-4-7/h1-6,14H. The SMILES string of the molecule is Oc1cncc(-c2ccc(F)cn2)c1. The fraction of sp³-hybridized carbons (Fsp3) is 0. The second kappa shape index (κ2) is 3.41. The zero-order valence-electron chi connectivity index (χ0n) is 7.18. The molecule has 3 nitrogen and oxygen atoms in total. The Morgan fingerprint density at radius 1 is 1.14 bits per heavy atom. The summed E-state index contributed by atoms with van der Waals surface area (Å²) in [7, 11) is 0. The minimum Gasteiger partial charge on any atom is -0.506 e. The third-order valence-corrected chi connectivity index (χ3v) is 1.75. The molecule has 0 bridgehead atoms. The number of nitrogens with zero attached hydrogens (tertiary/aromatic N) is 2. The van der Waals surface area contributed by atoms with Crippen LogP contribution in [-0.2, 0) is 0 Å². The maximum atomic E-state index is 12.6. The number of hydrogen-bond acceptors (Lipinski definition) is 3. The van der Waals surface area contributed by atoms with Gasteiger partial charge in [0.25, 0.3) is 0 Å². The van der Waals surface area contributed by atoms with Gasteiger partial charge in [-0.25, -0.2) is 4.39 Å². The highest BCUT2D eigenvalue weighted by Gasteiger charge is 2.00. The zero-order chi connectivity index (χ0) is 9.97. The monoisotopic (exact) mass is 190 g/mol. The normalized spacial score (nSPS) is 10.1. The number of hydrogen-bond donors (Lipinski definition) is 1. The lowest BCUT2D eigenvalue weighted by Gasteiger charge is -1.99. The van der Waals surface area contributed by atoms with Gasteiger partial charge in [0, 0.05) is 11.8 Å². The van der Waals surface area contributed by atoms with Gasteiger partial charge >= 0.3 is 0 Å². The van der Waals surface area contributed by atoms with Crippen LogP contribution in [0.2, 0.25) is 0 Å². The molecule has 0 atom stereocenters. The highest BCUT2D eigenvalue weighted by atomic mass is 19.1. The summed E-state index contributed by atoms with van der Waals surface area (Å²) in [5, 5.41) is 9.16. The third-order valence-electron chi connectivity index (χ3n) is 1.75. The largest absolute Gasteiger partial charge is 0.506 e. The summed E-state index contributed by atoms with van der Waals surface area (Å²) in [6.07, 6.45) is 4.01. The Bertz CT molecular complexity index is 442. The Labute approximate surface area is 79.9 Å². The number of aromatic hydroxyl groups is 1. The van der Waals surface area contributed by atoms with Crippen LogP contribution in [0.5, 0.6) is 5.75 Å². The molecule has 4 heteroatoms. The van der Waals surface area contributed by atoms with E-state index >= 15 is 0 Å². The van der Waals surface area contributed by atoms with Crippen molar-refractivity contribution in [3.8, 4) is 17.0 Å². The van der Waals surface area contributed by atoms with E-state index in [1.165, 1.54) is 24.4 Å². The topological polar surface area (TPSA) is 46.0 Å². The first kappa shape index (κ1) is 8.62. The molecule has 0 aliphatic heterocycles. The van der Waals surface area contributed by atoms with E-state index in [1.807, 2.05) is 0 Å².